The molecule has 0 amide bonds. The Balaban J connectivity index is 2.48. The molecule has 2 rings (SSSR count). The Labute approximate surface area is 113 Å². The first-order chi connectivity index (χ1) is 8.95. The van der Waals surface area contributed by atoms with E-state index >= 15 is 0 Å². The highest BCUT2D eigenvalue weighted by Gasteiger charge is 2.27. The van der Waals surface area contributed by atoms with Crippen molar-refractivity contribution >= 4 is 0 Å². The second-order valence-electron chi connectivity index (χ2n) is 5.08. The lowest BCUT2D eigenvalue weighted by Gasteiger charge is -2.26. The van der Waals surface area contributed by atoms with E-state index < -0.39 is 5.60 Å². The second kappa shape index (κ2) is 5.14. The fraction of sp³-hybridized carbons (Fsp3) is 0.294. The lowest BCUT2D eigenvalue weighted by Crippen LogP contribution is -2.24. The van der Waals surface area contributed by atoms with Crippen LogP contribution in [0.2, 0.25) is 0 Å². The van der Waals surface area contributed by atoms with E-state index in [1.54, 1.807) is 13.0 Å². The number of halogens is 1. The Morgan fingerprint density at radius 1 is 1.11 bits per heavy atom. The molecule has 1 atom stereocenters. The molecule has 0 saturated heterocycles. The van der Waals surface area contributed by atoms with E-state index in [1.807, 2.05) is 31.2 Å². The number of aryl methyl sites for hydroxylation is 2. The number of benzene rings is 2. The van der Waals surface area contributed by atoms with Crippen molar-refractivity contribution in [2.45, 2.75) is 32.8 Å². The monoisotopic (exact) mass is 258 g/mol. The summed E-state index contributed by atoms with van der Waals surface area (Å²) in [5, 5.41) is 10.8. The zero-order valence-electron chi connectivity index (χ0n) is 11.6. The van der Waals surface area contributed by atoms with Crippen molar-refractivity contribution < 1.29 is 9.50 Å². The molecular weight excluding hydrogens is 239 g/mol. The molecule has 0 aromatic heterocycles. The number of hydrogen-bond acceptors (Lipinski definition) is 1. The maximum atomic E-state index is 13.4. The predicted octanol–water partition coefficient (Wildman–Crippen LogP) is 3.95. The van der Waals surface area contributed by atoms with E-state index in [0.717, 1.165) is 17.5 Å². The van der Waals surface area contributed by atoms with Gasteiger partial charge in [-0.25, -0.2) is 4.39 Å². The summed E-state index contributed by atoms with van der Waals surface area (Å²) in [6.45, 7) is 5.67. The third-order valence-corrected chi connectivity index (χ3v) is 3.65. The predicted molar refractivity (Wildman–Crippen MR) is 75.6 cm³/mol. The van der Waals surface area contributed by atoms with Gasteiger partial charge < -0.3 is 5.11 Å². The third-order valence-electron chi connectivity index (χ3n) is 3.65. The van der Waals surface area contributed by atoms with Gasteiger partial charge in [0.25, 0.3) is 0 Å². The molecule has 1 nitrogen and oxygen atoms in total. The van der Waals surface area contributed by atoms with Crippen molar-refractivity contribution in [3.8, 4) is 0 Å². The molecule has 0 aliphatic carbocycles. The Kier molecular flexibility index (Phi) is 3.72. The van der Waals surface area contributed by atoms with E-state index in [2.05, 4.69) is 6.92 Å². The van der Waals surface area contributed by atoms with Crippen molar-refractivity contribution in [1.82, 2.24) is 0 Å². The zero-order chi connectivity index (χ0) is 14.0. The smallest absolute Gasteiger partial charge is 0.123 e. The summed E-state index contributed by atoms with van der Waals surface area (Å²) in [5.74, 6) is -0.328. The van der Waals surface area contributed by atoms with E-state index in [0.29, 0.717) is 5.56 Å². The molecule has 19 heavy (non-hydrogen) atoms. The highest BCUT2D eigenvalue weighted by molar-refractivity contribution is 5.40. The minimum Gasteiger partial charge on any atom is -0.381 e. The molecule has 2 aromatic rings. The summed E-state index contributed by atoms with van der Waals surface area (Å²) in [7, 11) is 0. The van der Waals surface area contributed by atoms with Gasteiger partial charge in [0.1, 0.15) is 11.4 Å². The maximum Gasteiger partial charge on any atom is 0.123 e. The second-order valence-corrected chi connectivity index (χ2v) is 5.08. The highest BCUT2D eigenvalue weighted by Crippen LogP contribution is 2.31. The van der Waals surface area contributed by atoms with E-state index in [-0.39, 0.29) is 5.82 Å². The number of hydrogen-bond donors (Lipinski definition) is 1. The summed E-state index contributed by atoms with van der Waals surface area (Å²) < 4.78 is 13.4. The summed E-state index contributed by atoms with van der Waals surface area (Å²) >= 11 is 0. The molecule has 0 radical (unpaired) electrons. The molecule has 0 heterocycles. The molecule has 2 heteroatoms. The van der Waals surface area contributed by atoms with Gasteiger partial charge in [-0.15, -0.1) is 0 Å². The SMILES string of the molecule is CCc1ccc(C(C)(O)c2cc(F)ccc2C)cc1. The van der Waals surface area contributed by atoms with Crippen molar-refractivity contribution in [1.29, 1.82) is 0 Å². The maximum absolute atomic E-state index is 13.4. The molecule has 0 aliphatic rings. The molecule has 1 N–H and O–H groups in total. The van der Waals surface area contributed by atoms with Gasteiger partial charge in [-0.05, 0) is 54.7 Å². The molecule has 0 saturated carbocycles. The van der Waals surface area contributed by atoms with Crippen LogP contribution in [0, 0.1) is 12.7 Å². The first-order valence-corrected chi connectivity index (χ1v) is 6.53. The van der Waals surface area contributed by atoms with E-state index in [4.69, 9.17) is 0 Å². The molecular formula is C17H19FO. The summed E-state index contributed by atoms with van der Waals surface area (Å²) in [6.07, 6.45) is 0.960. The van der Waals surface area contributed by atoms with Gasteiger partial charge in [-0.3, -0.25) is 0 Å². The summed E-state index contributed by atoms with van der Waals surface area (Å²) in [4.78, 5) is 0. The van der Waals surface area contributed by atoms with Crippen LogP contribution < -0.4 is 0 Å². The van der Waals surface area contributed by atoms with Crippen molar-refractivity contribution in [3.63, 3.8) is 0 Å². The fourth-order valence-corrected chi connectivity index (χ4v) is 2.34. The fourth-order valence-electron chi connectivity index (χ4n) is 2.34. The van der Waals surface area contributed by atoms with Crippen molar-refractivity contribution in [2.75, 3.05) is 0 Å². The van der Waals surface area contributed by atoms with Gasteiger partial charge in [0.2, 0.25) is 0 Å². The van der Waals surface area contributed by atoms with Crippen LogP contribution in [-0.2, 0) is 12.0 Å². The average molecular weight is 258 g/mol. The van der Waals surface area contributed by atoms with Gasteiger partial charge >= 0.3 is 0 Å². The standard InChI is InChI=1S/C17H19FO/c1-4-13-6-8-14(9-7-13)17(3,19)16-11-15(18)10-5-12(16)2/h5-11,19H,4H2,1-3H3. The first-order valence-electron chi connectivity index (χ1n) is 6.53. The zero-order valence-corrected chi connectivity index (χ0v) is 11.6. The third kappa shape index (κ3) is 2.69. The Morgan fingerprint density at radius 3 is 2.32 bits per heavy atom. The number of aliphatic hydroxyl groups is 1. The first kappa shape index (κ1) is 13.8. The van der Waals surface area contributed by atoms with Crippen molar-refractivity contribution in [2.24, 2.45) is 0 Å². The Hall–Kier alpha value is -1.67. The molecule has 0 spiro atoms. The largest absolute Gasteiger partial charge is 0.381 e. The molecule has 0 aliphatic heterocycles. The van der Waals surface area contributed by atoms with Gasteiger partial charge in [0.05, 0.1) is 0 Å². The lowest BCUT2D eigenvalue weighted by molar-refractivity contribution is 0.101. The lowest BCUT2D eigenvalue weighted by atomic mass is 9.85. The van der Waals surface area contributed by atoms with Crippen LogP contribution >= 0.6 is 0 Å². The van der Waals surface area contributed by atoms with Crippen LogP contribution in [0.4, 0.5) is 4.39 Å². The van der Waals surface area contributed by atoms with Gasteiger partial charge in [-0.1, -0.05) is 37.3 Å². The minimum atomic E-state index is -1.18. The van der Waals surface area contributed by atoms with Crippen LogP contribution in [0.5, 0.6) is 0 Å². The summed E-state index contributed by atoms with van der Waals surface area (Å²) in [5.41, 5.74) is 2.30. The number of rotatable bonds is 3. The normalized spacial score (nSPS) is 14.2. The van der Waals surface area contributed by atoms with Gasteiger partial charge in [0.15, 0.2) is 0 Å². The van der Waals surface area contributed by atoms with Crippen LogP contribution in [0.1, 0.15) is 36.1 Å². The summed E-state index contributed by atoms with van der Waals surface area (Å²) in [6, 6.07) is 12.3. The molecule has 2 aromatic carbocycles. The van der Waals surface area contributed by atoms with Crippen LogP contribution in [0.25, 0.3) is 0 Å². The van der Waals surface area contributed by atoms with E-state index in [9.17, 15) is 9.50 Å². The Morgan fingerprint density at radius 2 is 1.74 bits per heavy atom. The van der Waals surface area contributed by atoms with Crippen LogP contribution in [-0.4, -0.2) is 5.11 Å². The van der Waals surface area contributed by atoms with Crippen LogP contribution in [0.15, 0.2) is 42.5 Å². The molecule has 1 unspecified atom stereocenters. The molecule has 0 fully saturated rings. The Bertz CT molecular complexity index is 570. The van der Waals surface area contributed by atoms with E-state index in [1.165, 1.54) is 17.7 Å². The minimum absolute atomic E-state index is 0.328. The van der Waals surface area contributed by atoms with Crippen LogP contribution in [0.3, 0.4) is 0 Å². The quantitative estimate of drug-likeness (QED) is 0.883. The molecule has 100 valence electrons. The topological polar surface area (TPSA) is 20.2 Å². The average Bonchev–Trinajstić information content (AvgIpc) is 2.41. The van der Waals surface area contributed by atoms with Crippen molar-refractivity contribution in [3.05, 3.63) is 70.5 Å². The highest BCUT2D eigenvalue weighted by atomic mass is 19.1. The molecule has 0 bridgehead atoms. The van der Waals surface area contributed by atoms with Gasteiger partial charge in [0, 0.05) is 0 Å². The van der Waals surface area contributed by atoms with Gasteiger partial charge in [-0.2, -0.15) is 0 Å².